The molecule has 3 saturated carbocycles. The second-order valence-corrected chi connectivity index (χ2v) is 8.93. The van der Waals surface area contributed by atoms with Crippen LogP contribution in [0, 0.1) is 34.5 Å². The molecule has 2 heteroatoms. The summed E-state index contributed by atoms with van der Waals surface area (Å²) in [6.07, 6.45) is 11.6. The number of allylic oxidation sites excluding steroid dienone is 2. The van der Waals surface area contributed by atoms with Gasteiger partial charge in [-0.05, 0) is 61.2 Å². The quantitative estimate of drug-likeness (QED) is 0.670. The molecule has 2 nitrogen and oxygen atoms in total. The van der Waals surface area contributed by atoms with Gasteiger partial charge in [-0.1, -0.05) is 44.6 Å². The molecule has 0 aromatic heterocycles. The summed E-state index contributed by atoms with van der Waals surface area (Å²) in [5.41, 5.74) is 1.73. The van der Waals surface area contributed by atoms with E-state index in [9.17, 15) is 10.2 Å². The lowest BCUT2D eigenvalue weighted by Crippen LogP contribution is -2.53. The zero-order valence-corrected chi connectivity index (χ0v) is 14.1. The molecular formula is C20H30O2. The van der Waals surface area contributed by atoms with Gasteiger partial charge in [0.2, 0.25) is 0 Å². The summed E-state index contributed by atoms with van der Waals surface area (Å²) >= 11 is 0. The topological polar surface area (TPSA) is 40.5 Å². The smallest absolute Gasteiger partial charge is 0.0905 e. The van der Waals surface area contributed by atoms with Crippen LogP contribution >= 0.6 is 0 Å². The van der Waals surface area contributed by atoms with Crippen molar-refractivity contribution in [3.8, 4) is 0 Å². The van der Waals surface area contributed by atoms with Gasteiger partial charge in [-0.15, -0.1) is 0 Å². The number of fused-ring (bicyclic) bond motifs is 5. The lowest BCUT2D eigenvalue weighted by molar-refractivity contribution is -0.0800. The molecular weight excluding hydrogens is 272 g/mol. The molecule has 2 N–H and O–H groups in total. The third-order valence-electron chi connectivity index (χ3n) is 7.96. The fraction of sp³-hybridized carbons (Fsp3) is 0.800. The van der Waals surface area contributed by atoms with Crippen molar-refractivity contribution >= 4 is 0 Å². The van der Waals surface area contributed by atoms with Crippen LogP contribution in [0.1, 0.15) is 52.9 Å². The van der Waals surface area contributed by atoms with Gasteiger partial charge < -0.3 is 10.2 Å². The minimum Gasteiger partial charge on any atom is -0.393 e. The van der Waals surface area contributed by atoms with Gasteiger partial charge in [-0.2, -0.15) is 0 Å². The molecule has 0 radical (unpaired) electrons. The van der Waals surface area contributed by atoms with Crippen LogP contribution in [-0.4, -0.2) is 22.4 Å². The Morgan fingerprint density at radius 1 is 1.09 bits per heavy atom. The fourth-order valence-corrected chi connectivity index (χ4v) is 6.64. The first kappa shape index (κ1) is 15.0. The maximum absolute atomic E-state index is 10.5. The monoisotopic (exact) mass is 302 g/mol. The first-order valence-corrected chi connectivity index (χ1v) is 9.13. The maximum Gasteiger partial charge on any atom is 0.0905 e. The van der Waals surface area contributed by atoms with Crippen molar-refractivity contribution in [2.24, 2.45) is 34.5 Å². The Morgan fingerprint density at radius 3 is 2.64 bits per heavy atom. The van der Waals surface area contributed by atoms with Crippen LogP contribution in [0.4, 0.5) is 0 Å². The molecule has 0 aromatic rings. The lowest BCUT2D eigenvalue weighted by Gasteiger charge is -2.59. The normalized spacial score (nSPS) is 56.9. The summed E-state index contributed by atoms with van der Waals surface area (Å²) in [4.78, 5) is 0. The standard InChI is InChI=1S/C20H30O2/c1-12-10-13-11-14(21)6-8-19(13,2)16-7-9-20(3)15(18(12)16)4-5-17(20)22/h6,8,11-12,14-18,21-22H,4-5,7,9-10H2,1-3H3/t12-,14-,15-,16-,17-,18-,19-,20-/m0/s1. The van der Waals surface area contributed by atoms with Gasteiger partial charge in [0.05, 0.1) is 12.2 Å². The zero-order valence-electron chi connectivity index (χ0n) is 14.1. The first-order chi connectivity index (χ1) is 10.4. The van der Waals surface area contributed by atoms with Crippen molar-refractivity contribution in [1.29, 1.82) is 0 Å². The molecule has 122 valence electrons. The molecule has 0 aromatic carbocycles. The van der Waals surface area contributed by atoms with Gasteiger partial charge in [0, 0.05) is 5.41 Å². The van der Waals surface area contributed by atoms with E-state index < -0.39 is 6.10 Å². The van der Waals surface area contributed by atoms with Gasteiger partial charge in [-0.25, -0.2) is 0 Å². The summed E-state index contributed by atoms with van der Waals surface area (Å²) in [5, 5.41) is 20.5. The van der Waals surface area contributed by atoms with Crippen LogP contribution in [0.5, 0.6) is 0 Å². The molecule has 0 saturated heterocycles. The predicted molar refractivity (Wildman–Crippen MR) is 88.2 cm³/mol. The molecule has 0 unspecified atom stereocenters. The summed E-state index contributed by atoms with van der Waals surface area (Å²) in [7, 11) is 0. The Morgan fingerprint density at radius 2 is 1.86 bits per heavy atom. The van der Waals surface area contributed by atoms with E-state index in [0.29, 0.717) is 17.8 Å². The summed E-state index contributed by atoms with van der Waals surface area (Å²) in [5.74, 6) is 2.74. The number of hydrogen-bond acceptors (Lipinski definition) is 2. The van der Waals surface area contributed by atoms with E-state index in [1.807, 2.05) is 6.08 Å². The highest BCUT2D eigenvalue weighted by Crippen LogP contribution is 2.65. The minimum absolute atomic E-state index is 0.0980. The Balaban J connectivity index is 1.74. The van der Waals surface area contributed by atoms with E-state index in [1.54, 1.807) is 0 Å². The molecule has 3 fully saturated rings. The van der Waals surface area contributed by atoms with Crippen molar-refractivity contribution in [2.75, 3.05) is 0 Å². The van der Waals surface area contributed by atoms with E-state index >= 15 is 0 Å². The van der Waals surface area contributed by atoms with Crippen LogP contribution in [-0.2, 0) is 0 Å². The van der Waals surface area contributed by atoms with E-state index in [-0.39, 0.29) is 16.9 Å². The van der Waals surface area contributed by atoms with Crippen LogP contribution in [0.3, 0.4) is 0 Å². The minimum atomic E-state index is -0.394. The van der Waals surface area contributed by atoms with Crippen LogP contribution in [0.25, 0.3) is 0 Å². The van der Waals surface area contributed by atoms with Crippen molar-refractivity contribution in [3.63, 3.8) is 0 Å². The molecule has 0 amide bonds. The van der Waals surface area contributed by atoms with Gasteiger partial charge in [0.1, 0.15) is 0 Å². The summed E-state index contributed by atoms with van der Waals surface area (Å²) in [6.45, 7) is 7.13. The highest BCUT2D eigenvalue weighted by Gasteiger charge is 2.59. The van der Waals surface area contributed by atoms with E-state index in [1.165, 1.54) is 18.4 Å². The number of aliphatic hydroxyl groups is 2. The SMILES string of the molecule is C[C@H]1CC2=C[C@@H](O)C=C[C@]2(C)[C@H]2CC[C@]3(C)[C@@H](O)CC[C@H]3[C@H]12. The first-order valence-electron chi connectivity index (χ1n) is 9.13. The molecule has 0 heterocycles. The highest BCUT2D eigenvalue weighted by atomic mass is 16.3. The van der Waals surface area contributed by atoms with Gasteiger partial charge in [-0.3, -0.25) is 0 Å². The van der Waals surface area contributed by atoms with Crippen molar-refractivity contribution in [3.05, 3.63) is 23.8 Å². The maximum atomic E-state index is 10.5. The van der Waals surface area contributed by atoms with Gasteiger partial charge in [0.25, 0.3) is 0 Å². The molecule has 0 spiro atoms. The third-order valence-corrected chi connectivity index (χ3v) is 7.96. The molecule has 0 aliphatic heterocycles. The Labute approximate surface area is 134 Å². The van der Waals surface area contributed by atoms with Crippen LogP contribution in [0.15, 0.2) is 23.8 Å². The van der Waals surface area contributed by atoms with Gasteiger partial charge >= 0.3 is 0 Å². The van der Waals surface area contributed by atoms with E-state index in [2.05, 4.69) is 32.9 Å². The van der Waals surface area contributed by atoms with Crippen LogP contribution < -0.4 is 0 Å². The average molecular weight is 302 g/mol. The zero-order chi connectivity index (χ0) is 15.7. The Hall–Kier alpha value is -0.600. The van der Waals surface area contributed by atoms with E-state index in [0.717, 1.165) is 25.2 Å². The third kappa shape index (κ3) is 1.80. The Bertz CT molecular complexity index is 536. The number of aliphatic hydroxyl groups excluding tert-OH is 2. The van der Waals surface area contributed by atoms with Crippen LogP contribution in [0.2, 0.25) is 0 Å². The second-order valence-electron chi connectivity index (χ2n) is 8.93. The Kier molecular flexibility index (Phi) is 3.20. The van der Waals surface area contributed by atoms with Crippen molar-refractivity contribution in [2.45, 2.75) is 65.1 Å². The number of rotatable bonds is 0. The molecule has 8 atom stereocenters. The van der Waals surface area contributed by atoms with E-state index in [4.69, 9.17) is 0 Å². The van der Waals surface area contributed by atoms with Gasteiger partial charge in [0.15, 0.2) is 0 Å². The fourth-order valence-electron chi connectivity index (χ4n) is 6.64. The van der Waals surface area contributed by atoms with Crippen molar-refractivity contribution in [1.82, 2.24) is 0 Å². The molecule has 4 aliphatic carbocycles. The molecule has 4 rings (SSSR count). The largest absolute Gasteiger partial charge is 0.393 e. The second kappa shape index (κ2) is 4.70. The molecule has 4 aliphatic rings. The lowest BCUT2D eigenvalue weighted by atomic mass is 9.46. The molecule has 0 bridgehead atoms. The summed E-state index contributed by atoms with van der Waals surface area (Å²) in [6, 6.07) is 0. The number of hydrogen-bond donors (Lipinski definition) is 2. The molecule has 22 heavy (non-hydrogen) atoms. The average Bonchev–Trinajstić information content (AvgIpc) is 2.77. The predicted octanol–water partition coefficient (Wildman–Crippen LogP) is 3.69. The highest BCUT2D eigenvalue weighted by molar-refractivity contribution is 5.34. The summed E-state index contributed by atoms with van der Waals surface area (Å²) < 4.78 is 0. The van der Waals surface area contributed by atoms with Crippen molar-refractivity contribution < 1.29 is 10.2 Å².